The Labute approximate surface area is 105 Å². The van der Waals surface area contributed by atoms with E-state index in [1.807, 2.05) is 4.90 Å². The first-order chi connectivity index (χ1) is 8.56. The van der Waals surface area contributed by atoms with E-state index in [2.05, 4.69) is 4.98 Å². The van der Waals surface area contributed by atoms with Gasteiger partial charge in [0.15, 0.2) is 0 Å². The predicted molar refractivity (Wildman–Crippen MR) is 64.1 cm³/mol. The molecule has 0 aromatic carbocycles. The standard InChI is InChI=1S/C12H15N3O3/c1-14-4-5-15(8-11(14)16)7-10-3-2-9(6-13-10)12(17)18/h2-3,6H,4-5,7-8H2,1H3,(H,17,18). The maximum atomic E-state index is 11.5. The van der Waals surface area contributed by atoms with Crippen LogP contribution in [0.15, 0.2) is 18.3 Å². The van der Waals surface area contributed by atoms with Crippen molar-refractivity contribution in [1.82, 2.24) is 14.8 Å². The molecule has 6 heteroatoms. The maximum Gasteiger partial charge on any atom is 0.337 e. The van der Waals surface area contributed by atoms with Crippen molar-refractivity contribution in [2.24, 2.45) is 0 Å². The van der Waals surface area contributed by atoms with E-state index in [0.29, 0.717) is 19.6 Å². The molecule has 1 fully saturated rings. The van der Waals surface area contributed by atoms with Crippen molar-refractivity contribution in [3.8, 4) is 0 Å². The van der Waals surface area contributed by atoms with E-state index in [9.17, 15) is 9.59 Å². The van der Waals surface area contributed by atoms with E-state index in [-0.39, 0.29) is 11.5 Å². The number of aromatic nitrogens is 1. The number of hydrogen-bond donors (Lipinski definition) is 1. The van der Waals surface area contributed by atoms with E-state index >= 15 is 0 Å². The van der Waals surface area contributed by atoms with Crippen molar-refractivity contribution in [2.75, 3.05) is 26.7 Å². The molecule has 96 valence electrons. The number of aromatic carboxylic acids is 1. The van der Waals surface area contributed by atoms with Gasteiger partial charge in [0.2, 0.25) is 5.91 Å². The topological polar surface area (TPSA) is 73.7 Å². The van der Waals surface area contributed by atoms with Crippen LogP contribution < -0.4 is 0 Å². The van der Waals surface area contributed by atoms with Crippen molar-refractivity contribution in [1.29, 1.82) is 0 Å². The van der Waals surface area contributed by atoms with Gasteiger partial charge in [0, 0.05) is 32.9 Å². The summed E-state index contributed by atoms with van der Waals surface area (Å²) in [5.74, 6) is -0.882. The number of carbonyl (C=O) groups is 2. The van der Waals surface area contributed by atoms with Gasteiger partial charge in [0.25, 0.3) is 0 Å². The van der Waals surface area contributed by atoms with Crippen LogP contribution in [0.2, 0.25) is 0 Å². The monoisotopic (exact) mass is 249 g/mol. The second-order valence-corrected chi connectivity index (χ2v) is 4.37. The minimum Gasteiger partial charge on any atom is -0.478 e. The molecule has 1 aromatic heterocycles. The van der Waals surface area contributed by atoms with Gasteiger partial charge in [0.05, 0.1) is 17.8 Å². The SMILES string of the molecule is CN1CCN(Cc2ccc(C(=O)O)cn2)CC1=O. The molecule has 0 unspecified atom stereocenters. The molecule has 2 rings (SSSR count). The third-order valence-corrected chi connectivity index (χ3v) is 2.99. The molecule has 18 heavy (non-hydrogen) atoms. The predicted octanol–water partition coefficient (Wildman–Crippen LogP) is 0.0538. The lowest BCUT2D eigenvalue weighted by Crippen LogP contribution is -2.48. The van der Waals surface area contributed by atoms with E-state index in [0.717, 1.165) is 12.2 Å². The average Bonchev–Trinajstić information content (AvgIpc) is 2.34. The smallest absolute Gasteiger partial charge is 0.337 e. The van der Waals surface area contributed by atoms with E-state index in [1.165, 1.54) is 12.3 Å². The fourth-order valence-corrected chi connectivity index (χ4v) is 1.82. The van der Waals surface area contributed by atoms with Gasteiger partial charge < -0.3 is 10.0 Å². The summed E-state index contributed by atoms with van der Waals surface area (Å²) >= 11 is 0. The summed E-state index contributed by atoms with van der Waals surface area (Å²) in [6.45, 7) is 2.48. The lowest BCUT2D eigenvalue weighted by molar-refractivity contribution is -0.134. The van der Waals surface area contributed by atoms with Crippen LogP contribution in [0, 0.1) is 0 Å². The molecule has 1 N–H and O–H groups in total. The van der Waals surface area contributed by atoms with Gasteiger partial charge in [-0.05, 0) is 12.1 Å². The first-order valence-corrected chi connectivity index (χ1v) is 5.71. The van der Waals surface area contributed by atoms with Crippen LogP contribution in [-0.4, -0.2) is 58.4 Å². The zero-order valence-corrected chi connectivity index (χ0v) is 10.2. The number of pyridine rings is 1. The summed E-state index contributed by atoms with van der Waals surface area (Å²) in [6.07, 6.45) is 1.34. The van der Waals surface area contributed by atoms with Gasteiger partial charge in [-0.2, -0.15) is 0 Å². The normalized spacial score (nSPS) is 16.9. The summed E-state index contributed by atoms with van der Waals surface area (Å²) in [6, 6.07) is 3.22. The number of piperazine rings is 1. The fourth-order valence-electron chi connectivity index (χ4n) is 1.82. The van der Waals surface area contributed by atoms with Gasteiger partial charge in [-0.3, -0.25) is 14.7 Å². The van der Waals surface area contributed by atoms with Crippen LogP contribution in [0.25, 0.3) is 0 Å². The van der Waals surface area contributed by atoms with E-state index in [4.69, 9.17) is 5.11 Å². The van der Waals surface area contributed by atoms with E-state index in [1.54, 1.807) is 18.0 Å². The van der Waals surface area contributed by atoms with E-state index < -0.39 is 5.97 Å². The minimum atomic E-state index is -0.983. The molecule has 2 heterocycles. The van der Waals surface area contributed by atoms with Gasteiger partial charge in [-0.25, -0.2) is 4.79 Å². The Hall–Kier alpha value is -1.95. The molecule has 0 saturated carbocycles. The second kappa shape index (κ2) is 5.14. The Morgan fingerprint density at radius 2 is 2.22 bits per heavy atom. The molecule has 1 amide bonds. The molecule has 0 aliphatic carbocycles. The highest BCUT2D eigenvalue weighted by Gasteiger charge is 2.21. The molecule has 0 radical (unpaired) electrons. The Balaban J connectivity index is 1.97. The average molecular weight is 249 g/mol. The number of hydrogen-bond acceptors (Lipinski definition) is 4. The number of likely N-dealkylation sites (N-methyl/N-ethyl adjacent to an activating group) is 1. The van der Waals surface area contributed by atoms with Crippen LogP contribution in [0.1, 0.15) is 16.1 Å². The summed E-state index contributed by atoms with van der Waals surface area (Å²) in [7, 11) is 1.79. The number of amides is 1. The summed E-state index contributed by atoms with van der Waals surface area (Å²) in [5, 5.41) is 8.76. The van der Waals surface area contributed by atoms with Crippen molar-refractivity contribution < 1.29 is 14.7 Å². The van der Waals surface area contributed by atoms with Gasteiger partial charge in [-0.1, -0.05) is 0 Å². The molecule has 1 aliphatic rings. The highest BCUT2D eigenvalue weighted by Crippen LogP contribution is 2.07. The molecule has 6 nitrogen and oxygen atoms in total. The van der Waals surface area contributed by atoms with Crippen LogP contribution >= 0.6 is 0 Å². The van der Waals surface area contributed by atoms with Crippen LogP contribution in [0.3, 0.4) is 0 Å². The molecule has 0 bridgehead atoms. The van der Waals surface area contributed by atoms with Gasteiger partial charge >= 0.3 is 5.97 Å². The summed E-state index contributed by atoms with van der Waals surface area (Å²) < 4.78 is 0. The fraction of sp³-hybridized carbons (Fsp3) is 0.417. The highest BCUT2D eigenvalue weighted by atomic mass is 16.4. The molecule has 1 saturated heterocycles. The summed E-state index contributed by atoms with van der Waals surface area (Å²) in [4.78, 5) is 30.0. The first kappa shape index (κ1) is 12.5. The Morgan fingerprint density at radius 3 is 2.78 bits per heavy atom. The van der Waals surface area contributed by atoms with Crippen LogP contribution in [-0.2, 0) is 11.3 Å². The van der Waals surface area contributed by atoms with Gasteiger partial charge in [0.1, 0.15) is 0 Å². The lowest BCUT2D eigenvalue weighted by Gasteiger charge is -2.31. The number of rotatable bonds is 3. The first-order valence-electron chi connectivity index (χ1n) is 5.71. The number of carboxylic acids is 1. The molecule has 1 aromatic rings. The third kappa shape index (κ3) is 2.84. The Kier molecular flexibility index (Phi) is 3.57. The number of nitrogens with zero attached hydrogens (tertiary/aromatic N) is 3. The third-order valence-electron chi connectivity index (χ3n) is 2.99. The van der Waals surface area contributed by atoms with Crippen LogP contribution in [0.5, 0.6) is 0 Å². The second-order valence-electron chi connectivity index (χ2n) is 4.37. The zero-order chi connectivity index (χ0) is 13.1. The zero-order valence-electron chi connectivity index (χ0n) is 10.2. The van der Waals surface area contributed by atoms with Crippen molar-refractivity contribution in [2.45, 2.75) is 6.54 Å². The molecule has 0 atom stereocenters. The lowest BCUT2D eigenvalue weighted by atomic mass is 10.2. The van der Waals surface area contributed by atoms with Gasteiger partial charge in [-0.15, -0.1) is 0 Å². The van der Waals surface area contributed by atoms with Crippen LogP contribution in [0.4, 0.5) is 0 Å². The minimum absolute atomic E-state index is 0.100. The van der Waals surface area contributed by atoms with Crippen molar-refractivity contribution in [3.05, 3.63) is 29.6 Å². The molecule has 0 spiro atoms. The summed E-state index contributed by atoms with van der Waals surface area (Å²) in [5.41, 5.74) is 0.950. The quantitative estimate of drug-likeness (QED) is 0.819. The van der Waals surface area contributed by atoms with Crippen molar-refractivity contribution >= 4 is 11.9 Å². The maximum absolute atomic E-state index is 11.5. The molecular weight excluding hydrogens is 234 g/mol. The number of carboxylic acid groups (broad SMARTS) is 1. The largest absolute Gasteiger partial charge is 0.478 e. The number of carbonyl (C=O) groups excluding carboxylic acids is 1. The Bertz CT molecular complexity index is 458. The Morgan fingerprint density at radius 1 is 1.44 bits per heavy atom. The highest BCUT2D eigenvalue weighted by molar-refractivity contribution is 5.87. The molecule has 1 aliphatic heterocycles. The molecular formula is C12H15N3O3. The van der Waals surface area contributed by atoms with Crippen molar-refractivity contribution in [3.63, 3.8) is 0 Å².